The highest BCUT2D eigenvalue weighted by Crippen LogP contribution is 2.19. The SMILES string of the molecule is CC(NC(=O)C(C#N)=Cc1c[nH]c2ncccc12)c1cccc(F)c1. The van der Waals surface area contributed by atoms with Gasteiger partial charge in [0.1, 0.15) is 23.1 Å². The number of hydrogen-bond acceptors (Lipinski definition) is 3. The fraction of sp³-hybridized carbons (Fsp3) is 0.105. The molecule has 0 aliphatic carbocycles. The predicted molar refractivity (Wildman–Crippen MR) is 92.6 cm³/mol. The molecule has 0 saturated heterocycles. The van der Waals surface area contributed by atoms with Crippen molar-refractivity contribution in [3.8, 4) is 6.07 Å². The van der Waals surface area contributed by atoms with E-state index in [9.17, 15) is 14.4 Å². The second kappa shape index (κ2) is 6.97. The summed E-state index contributed by atoms with van der Waals surface area (Å²) < 4.78 is 13.3. The van der Waals surface area contributed by atoms with Gasteiger partial charge in [-0.2, -0.15) is 5.26 Å². The smallest absolute Gasteiger partial charge is 0.262 e. The maximum atomic E-state index is 13.3. The average molecular weight is 334 g/mol. The van der Waals surface area contributed by atoms with Crippen molar-refractivity contribution in [1.82, 2.24) is 15.3 Å². The number of nitrogens with one attached hydrogen (secondary N) is 2. The third-order valence-electron chi connectivity index (χ3n) is 3.84. The van der Waals surface area contributed by atoms with E-state index in [0.29, 0.717) is 16.8 Å². The van der Waals surface area contributed by atoms with Gasteiger partial charge in [-0.05, 0) is 42.8 Å². The number of aromatic amines is 1. The Balaban J connectivity index is 1.83. The lowest BCUT2D eigenvalue weighted by atomic mass is 10.1. The van der Waals surface area contributed by atoms with Crippen LogP contribution >= 0.6 is 0 Å². The van der Waals surface area contributed by atoms with Gasteiger partial charge in [0.2, 0.25) is 0 Å². The summed E-state index contributed by atoms with van der Waals surface area (Å²) in [5.74, 6) is -0.890. The van der Waals surface area contributed by atoms with Crippen LogP contribution in [0.2, 0.25) is 0 Å². The Bertz CT molecular complexity index is 1000. The lowest BCUT2D eigenvalue weighted by Gasteiger charge is -2.14. The van der Waals surface area contributed by atoms with Gasteiger partial charge in [0.25, 0.3) is 5.91 Å². The minimum absolute atomic E-state index is 0.0343. The predicted octanol–water partition coefficient (Wildman–Crippen LogP) is 3.49. The Morgan fingerprint density at radius 3 is 3.00 bits per heavy atom. The Labute approximate surface area is 143 Å². The third kappa shape index (κ3) is 3.56. The number of hydrogen-bond donors (Lipinski definition) is 2. The highest BCUT2D eigenvalue weighted by molar-refractivity contribution is 6.03. The van der Waals surface area contributed by atoms with Crippen LogP contribution in [0.3, 0.4) is 0 Å². The van der Waals surface area contributed by atoms with Gasteiger partial charge in [-0.15, -0.1) is 0 Å². The zero-order valence-corrected chi connectivity index (χ0v) is 13.5. The Hall–Kier alpha value is -3.46. The number of benzene rings is 1. The number of nitriles is 1. The molecule has 3 rings (SSSR count). The summed E-state index contributed by atoms with van der Waals surface area (Å²) >= 11 is 0. The molecule has 0 fully saturated rings. The van der Waals surface area contributed by atoms with Crippen LogP contribution in [-0.4, -0.2) is 15.9 Å². The number of H-pyrrole nitrogens is 1. The highest BCUT2D eigenvalue weighted by atomic mass is 19.1. The molecule has 5 nitrogen and oxygen atoms in total. The van der Waals surface area contributed by atoms with Gasteiger partial charge >= 0.3 is 0 Å². The molecule has 25 heavy (non-hydrogen) atoms. The van der Waals surface area contributed by atoms with E-state index in [1.54, 1.807) is 37.5 Å². The monoisotopic (exact) mass is 334 g/mol. The molecule has 1 unspecified atom stereocenters. The van der Waals surface area contributed by atoms with E-state index in [1.165, 1.54) is 18.2 Å². The first kappa shape index (κ1) is 16.4. The van der Waals surface area contributed by atoms with Crippen LogP contribution in [0.4, 0.5) is 4.39 Å². The molecular weight excluding hydrogens is 319 g/mol. The van der Waals surface area contributed by atoms with Gasteiger partial charge in [0.15, 0.2) is 0 Å². The Morgan fingerprint density at radius 1 is 1.40 bits per heavy atom. The van der Waals surface area contributed by atoms with Crippen LogP contribution in [0.15, 0.2) is 54.4 Å². The number of fused-ring (bicyclic) bond motifs is 1. The molecule has 1 aromatic carbocycles. The number of pyridine rings is 1. The van der Waals surface area contributed by atoms with Crippen molar-refractivity contribution in [2.24, 2.45) is 0 Å². The molecule has 124 valence electrons. The van der Waals surface area contributed by atoms with Gasteiger partial charge in [-0.25, -0.2) is 9.37 Å². The summed E-state index contributed by atoms with van der Waals surface area (Å²) in [6, 6.07) is 11.1. The lowest BCUT2D eigenvalue weighted by Crippen LogP contribution is -2.27. The largest absolute Gasteiger partial charge is 0.346 e. The molecule has 0 aliphatic rings. The maximum Gasteiger partial charge on any atom is 0.262 e. The standard InChI is InChI=1S/C19H15FN4O/c1-12(13-4-2-5-16(20)9-13)24-19(25)14(10-21)8-15-11-23-18-17(15)6-3-7-22-18/h2-9,11-12H,1H3,(H,22,23)(H,24,25). The molecule has 2 N–H and O–H groups in total. The second-order valence-corrected chi connectivity index (χ2v) is 5.56. The second-order valence-electron chi connectivity index (χ2n) is 5.56. The zero-order valence-electron chi connectivity index (χ0n) is 13.5. The molecule has 0 radical (unpaired) electrons. The summed E-state index contributed by atoms with van der Waals surface area (Å²) in [5.41, 5.74) is 1.97. The van der Waals surface area contributed by atoms with E-state index in [-0.39, 0.29) is 11.4 Å². The number of nitrogens with zero attached hydrogens (tertiary/aromatic N) is 2. The van der Waals surface area contributed by atoms with E-state index in [2.05, 4.69) is 15.3 Å². The van der Waals surface area contributed by atoms with Gasteiger partial charge < -0.3 is 10.3 Å². The van der Waals surface area contributed by atoms with Crippen molar-refractivity contribution in [2.75, 3.05) is 0 Å². The first-order chi connectivity index (χ1) is 12.1. The number of rotatable bonds is 4. The summed E-state index contributed by atoms with van der Waals surface area (Å²) in [5, 5.41) is 12.9. The van der Waals surface area contributed by atoms with Crippen LogP contribution in [-0.2, 0) is 4.79 Å². The summed E-state index contributed by atoms with van der Waals surface area (Å²) in [6.07, 6.45) is 4.86. The van der Waals surface area contributed by atoms with Gasteiger partial charge in [-0.3, -0.25) is 4.79 Å². The van der Waals surface area contributed by atoms with Crippen molar-refractivity contribution in [3.63, 3.8) is 0 Å². The molecule has 1 amide bonds. The molecule has 0 spiro atoms. The van der Waals surface area contributed by atoms with Crippen molar-refractivity contribution >= 4 is 23.0 Å². The normalized spacial score (nSPS) is 12.6. The van der Waals surface area contributed by atoms with Gasteiger partial charge in [0.05, 0.1) is 6.04 Å². The molecule has 6 heteroatoms. The molecule has 0 bridgehead atoms. The summed E-state index contributed by atoms with van der Waals surface area (Å²) in [4.78, 5) is 19.5. The minimum Gasteiger partial charge on any atom is -0.346 e. The highest BCUT2D eigenvalue weighted by Gasteiger charge is 2.15. The van der Waals surface area contributed by atoms with Crippen molar-refractivity contribution in [3.05, 3.63) is 71.3 Å². The third-order valence-corrected chi connectivity index (χ3v) is 3.84. The number of carbonyl (C=O) groups excluding carboxylic acids is 1. The first-order valence-electron chi connectivity index (χ1n) is 7.68. The molecule has 2 heterocycles. The fourth-order valence-electron chi connectivity index (χ4n) is 2.53. The van der Waals surface area contributed by atoms with Crippen molar-refractivity contribution < 1.29 is 9.18 Å². The van der Waals surface area contributed by atoms with Crippen molar-refractivity contribution in [2.45, 2.75) is 13.0 Å². The molecular formula is C19H15FN4O. The Morgan fingerprint density at radius 2 is 2.24 bits per heavy atom. The summed E-state index contributed by atoms with van der Waals surface area (Å²) in [7, 11) is 0. The van der Waals surface area contributed by atoms with E-state index < -0.39 is 11.9 Å². The fourth-order valence-corrected chi connectivity index (χ4v) is 2.53. The molecule has 0 saturated carbocycles. The summed E-state index contributed by atoms with van der Waals surface area (Å²) in [6.45, 7) is 1.73. The van der Waals surface area contributed by atoms with E-state index in [4.69, 9.17) is 0 Å². The van der Waals surface area contributed by atoms with Crippen LogP contribution in [0.25, 0.3) is 17.1 Å². The topological polar surface area (TPSA) is 81.6 Å². The number of halogens is 1. The van der Waals surface area contributed by atoms with E-state index >= 15 is 0 Å². The van der Waals surface area contributed by atoms with Crippen LogP contribution < -0.4 is 5.32 Å². The number of amides is 1. The first-order valence-corrected chi connectivity index (χ1v) is 7.68. The van der Waals surface area contributed by atoms with Crippen LogP contribution in [0.1, 0.15) is 24.1 Å². The Kier molecular flexibility index (Phi) is 4.57. The van der Waals surface area contributed by atoms with Crippen molar-refractivity contribution in [1.29, 1.82) is 5.26 Å². The lowest BCUT2D eigenvalue weighted by molar-refractivity contribution is -0.117. The van der Waals surface area contributed by atoms with Gasteiger partial charge in [-0.1, -0.05) is 12.1 Å². The molecule has 2 aromatic heterocycles. The number of carbonyl (C=O) groups is 1. The molecule has 0 aliphatic heterocycles. The van der Waals surface area contributed by atoms with Crippen LogP contribution in [0.5, 0.6) is 0 Å². The average Bonchev–Trinajstić information content (AvgIpc) is 3.02. The zero-order chi connectivity index (χ0) is 17.8. The molecule has 3 aromatic rings. The maximum absolute atomic E-state index is 13.3. The van der Waals surface area contributed by atoms with Crippen LogP contribution in [0, 0.1) is 17.1 Å². The van der Waals surface area contributed by atoms with E-state index in [0.717, 1.165) is 5.39 Å². The molecule has 1 atom stereocenters. The quantitative estimate of drug-likeness (QED) is 0.566. The van der Waals surface area contributed by atoms with E-state index in [1.807, 2.05) is 12.1 Å². The minimum atomic E-state index is -0.516. The number of aromatic nitrogens is 2. The van der Waals surface area contributed by atoms with Gasteiger partial charge in [0, 0.05) is 23.3 Å².